The number of rotatable bonds is 3. The number of likely N-dealkylation sites (N-methyl/N-ethyl adjacent to an activating group) is 1. The van der Waals surface area contributed by atoms with Crippen molar-refractivity contribution in [1.82, 2.24) is 9.62 Å². The van der Waals surface area contributed by atoms with E-state index in [4.69, 9.17) is 0 Å². The topological polar surface area (TPSA) is 86.7 Å². The first-order valence-electron chi connectivity index (χ1n) is 6.21. The van der Waals surface area contributed by atoms with E-state index in [1.807, 2.05) is 6.92 Å². The molecule has 1 aliphatic rings. The van der Waals surface area contributed by atoms with Gasteiger partial charge in [-0.3, -0.25) is 9.10 Å². The van der Waals surface area contributed by atoms with Crippen molar-refractivity contribution in [3.05, 3.63) is 35.5 Å². The third kappa shape index (κ3) is 2.14. The van der Waals surface area contributed by atoms with E-state index in [1.54, 1.807) is 12.1 Å². The zero-order valence-corrected chi connectivity index (χ0v) is 12.1. The fourth-order valence-electron chi connectivity index (χ4n) is 2.00. The fourth-order valence-corrected chi connectivity index (χ4v) is 3.40. The van der Waals surface area contributed by atoms with Gasteiger partial charge in [-0.15, -0.1) is 0 Å². The Balaban J connectivity index is 2.60. The van der Waals surface area contributed by atoms with Crippen LogP contribution >= 0.6 is 0 Å². The molecule has 6 nitrogen and oxygen atoms in total. The smallest absolute Gasteiger partial charge is 0.272 e. The number of nitrogens with zero attached hydrogens (tertiary/aromatic N) is 1. The SMILES string of the molecule is CCCNC(=O)C1=C(O)c2ccccc2S(=O)(=O)N1C. The first-order chi connectivity index (χ1) is 9.41. The molecular weight excluding hydrogens is 280 g/mol. The zero-order valence-electron chi connectivity index (χ0n) is 11.3. The van der Waals surface area contributed by atoms with Gasteiger partial charge < -0.3 is 10.4 Å². The lowest BCUT2D eigenvalue weighted by Gasteiger charge is -2.28. The molecule has 1 amide bonds. The van der Waals surface area contributed by atoms with Crippen LogP contribution in [0, 0.1) is 0 Å². The van der Waals surface area contributed by atoms with E-state index < -0.39 is 15.9 Å². The molecule has 20 heavy (non-hydrogen) atoms. The summed E-state index contributed by atoms with van der Waals surface area (Å²) in [4.78, 5) is 12.0. The number of aliphatic hydroxyl groups excluding tert-OH is 1. The second-order valence-corrected chi connectivity index (χ2v) is 6.36. The van der Waals surface area contributed by atoms with Gasteiger partial charge >= 0.3 is 0 Å². The van der Waals surface area contributed by atoms with E-state index in [0.29, 0.717) is 13.0 Å². The van der Waals surface area contributed by atoms with Gasteiger partial charge in [0.05, 0.1) is 4.90 Å². The van der Waals surface area contributed by atoms with Crippen LogP contribution in [-0.2, 0) is 14.8 Å². The number of fused-ring (bicyclic) bond motifs is 1. The highest BCUT2D eigenvalue weighted by Crippen LogP contribution is 2.34. The standard InChI is InChI=1S/C13H16N2O4S/c1-3-8-14-13(17)11-12(16)9-6-4-5-7-10(9)20(18,19)15(11)2/h4-7,16H,3,8H2,1-2H3,(H,14,17). The summed E-state index contributed by atoms with van der Waals surface area (Å²) in [6.07, 6.45) is 0.715. The minimum atomic E-state index is -3.82. The Kier molecular flexibility index (Phi) is 3.71. The van der Waals surface area contributed by atoms with Gasteiger partial charge in [-0.1, -0.05) is 19.1 Å². The first-order valence-corrected chi connectivity index (χ1v) is 7.65. The molecule has 0 spiro atoms. The monoisotopic (exact) mass is 296 g/mol. The predicted octanol–water partition coefficient (Wildman–Crippen LogP) is 1.07. The van der Waals surface area contributed by atoms with Crippen LogP contribution in [0.2, 0.25) is 0 Å². The molecule has 0 aliphatic carbocycles. The van der Waals surface area contributed by atoms with Gasteiger partial charge in [0.1, 0.15) is 0 Å². The fraction of sp³-hybridized carbons (Fsp3) is 0.308. The van der Waals surface area contributed by atoms with Gasteiger partial charge in [0.15, 0.2) is 11.5 Å². The predicted molar refractivity (Wildman–Crippen MR) is 74.2 cm³/mol. The van der Waals surface area contributed by atoms with Crippen molar-refractivity contribution in [2.75, 3.05) is 13.6 Å². The van der Waals surface area contributed by atoms with Crippen LogP contribution in [0.1, 0.15) is 18.9 Å². The van der Waals surface area contributed by atoms with Crippen molar-refractivity contribution in [2.45, 2.75) is 18.2 Å². The highest BCUT2D eigenvalue weighted by Gasteiger charge is 2.37. The number of amides is 1. The number of sulfonamides is 1. The van der Waals surface area contributed by atoms with Crippen LogP contribution in [0.4, 0.5) is 0 Å². The van der Waals surface area contributed by atoms with E-state index in [2.05, 4.69) is 5.32 Å². The maximum Gasteiger partial charge on any atom is 0.272 e. The van der Waals surface area contributed by atoms with Crippen molar-refractivity contribution in [1.29, 1.82) is 0 Å². The third-order valence-electron chi connectivity index (χ3n) is 3.07. The van der Waals surface area contributed by atoms with Gasteiger partial charge in [-0.05, 0) is 18.6 Å². The Morgan fingerprint density at radius 3 is 2.65 bits per heavy atom. The van der Waals surface area contributed by atoms with Crippen molar-refractivity contribution in [3.8, 4) is 0 Å². The molecule has 0 saturated carbocycles. The molecule has 0 unspecified atom stereocenters. The van der Waals surface area contributed by atoms with Crippen molar-refractivity contribution in [2.24, 2.45) is 0 Å². The van der Waals surface area contributed by atoms with E-state index >= 15 is 0 Å². The Hall–Kier alpha value is -2.02. The van der Waals surface area contributed by atoms with Crippen LogP contribution < -0.4 is 5.32 Å². The highest BCUT2D eigenvalue weighted by molar-refractivity contribution is 7.89. The molecule has 108 valence electrons. The molecule has 0 aromatic heterocycles. The minimum Gasteiger partial charge on any atom is -0.505 e. The molecule has 0 atom stereocenters. The maximum atomic E-state index is 12.3. The normalized spacial score (nSPS) is 16.8. The van der Waals surface area contributed by atoms with Crippen LogP contribution in [0.15, 0.2) is 34.9 Å². The summed E-state index contributed by atoms with van der Waals surface area (Å²) < 4.78 is 25.5. The Labute approximate surface area is 117 Å². The summed E-state index contributed by atoms with van der Waals surface area (Å²) in [6, 6.07) is 6.05. The molecule has 0 bridgehead atoms. The van der Waals surface area contributed by atoms with Gasteiger partial charge in [-0.25, -0.2) is 8.42 Å². The average molecular weight is 296 g/mol. The molecular formula is C13H16N2O4S. The molecule has 7 heteroatoms. The van der Waals surface area contributed by atoms with E-state index in [-0.39, 0.29) is 21.9 Å². The van der Waals surface area contributed by atoms with E-state index in [9.17, 15) is 18.3 Å². The Morgan fingerprint density at radius 1 is 1.35 bits per heavy atom. The van der Waals surface area contributed by atoms with Crippen molar-refractivity contribution in [3.63, 3.8) is 0 Å². The second-order valence-electron chi connectivity index (χ2n) is 4.42. The Bertz CT molecular complexity index is 679. The van der Waals surface area contributed by atoms with Gasteiger partial charge in [0, 0.05) is 19.2 Å². The summed E-state index contributed by atoms with van der Waals surface area (Å²) in [5.41, 5.74) is -0.107. The molecule has 2 N–H and O–H groups in total. The average Bonchev–Trinajstić information content (AvgIpc) is 2.43. The number of benzene rings is 1. The summed E-state index contributed by atoms with van der Waals surface area (Å²) in [6.45, 7) is 2.29. The van der Waals surface area contributed by atoms with E-state index in [0.717, 1.165) is 4.31 Å². The lowest BCUT2D eigenvalue weighted by atomic mass is 10.1. The number of carbonyl (C=O) groups is 1. The molecule has 0 saturated heterocycles. The molecule has 0 radical (unpaired) electrons. The minimum absolute atomic E-state index is 0.00737. The molecule has 1 aliphatic heterocycles. The lowest BCUT2D eigenvalue weighted by molar-refractivity contribution is -0.118. The van der Waals surface area contributed by atoms with Gasteiger partial charge in [0.2, 0.25) is 0 Å². The number of nitrogens with one attached hydrogen (secondary N) is 1. The van der Waals surface area contributed by atoms with Crippen LogP contribution in [-0.4, -0.2) is 37.3 Å². The summed E-state index contributed by atoms with van der Waals surface area (Å²) >= 11 is 0. The zero-order chi connectivity index (χ0) is 14.9. The quantitative estimate of drug-likeness (QED) is 0.873. The summed E-state index contributed by atoms with van der Waals surface area (Å²) in [5.74, 6) is -0.934. The number of carbonyl (C=O) groups excluding carboxylic acids is 1. The lowest BCUT2D eigenvalue weighted by Crippen LogP contribution is -2.40. The van der Waals surface area contributed by atoms with Crippen LogP contribution in [0.25, 0.3) is 5.76 Å². The Morgan fingerprint density at radius 2 is 2.00 bits per heavy atom. The van der Waals surface area contributed by atoms with Crippen LogP contribution in [0.5, 0.6) is 0 Å². The van der Waals surface area contributed by atoms with Crippen molar-refractivity contribution < 1.29 is 18.3 Å². The van der Waals surface area contributed by atoms with E-state index in [1.165, 1.54) is 19.2 Å². The van der Waals surface area contributed by atoms with Crippen molar-refractivity contribution >= 4 is 21.7 Å². The summed E-state index contributed by atoms with van der Waals surface area (Å²) in [5, 5.41) is 12.8. The molecule has 1 aromatic rings. The van der Waals surface area contributed by atoms with Crippen LogP contribution in [0.3, 0.4) is 0 Å². The molecule has 0 fully saturated rings. The third-order valence-corrected chi connectivity index (χ3v) is 4.89. The molecule has 1 heterocycles. The van der Waals surface area contributed by atoms with Gasteiger partial charge in [0.25, 0.3) is 15.9 Å². The first kappa shape index (κ1) is 14.4. The summed E-state index contributed by atoms with van der Waals surface area (Å²) in [7, 11) is -2.57. The molecule has 2 rings (SSSR count). The largest absolute Gasteiger partial charge is 0.505 e. The maximum absolute atomic E-state index is 12.3. The highest BCUT2D eigenvalue weighted by atomic mass is 32.2. The number of hydrogen-bond donors (Lipinski definition) is 2. The van der Waals surface area contributed by atoms with Gasteiger partial charge in [-0.2, -0.15) is 0 Å². The molecule has 1 aromatic carbocycles. The number of hydrogen-bond acceptors (Lipinski definition) is 4. The second kappa shape index (κ2) is 5.16. The number of aliphatic hydroxyl groups is 1.